The minimum absolute atomic E-state index is 0. The van der Waals surface area contributed by atoms with Crippen LogP contribution >= 0.6 is 0 Å². The molecule has 4 radical (unpaired) electrons. The fraction of sp³-hybridized carbons (Fsp3) is 0. The smallest absolute Gasteiger partial charge is 0 e. The second-order valence-corrected chi connectivity index (χ2v) is 1.37. The van der Waals surface area contributed by atoms with Crippen molar-refractivity contribution >= 4 is 22.5 Å². The van der Waals surface area contributed by atoms with Gasteiger partial charge in [-0.3, -0.25) is 0 Å². The van der Waals surface area contributed by atoms with E-state index >= 15 is 0 Å². The molecule has 0 atom stereocenters. The Morgan fingerprint density at radius 1 is 1.75 bits per heavy atom. The van der Waals surface area contributed by atoms with Gasteiger partial charge in [0.2, 0.25) is 0 Å². The Morgan fingerprint density at radius 2 is 1.75 bits per heavy atom. The summed E-state index contributed by atoms with van der Waals surface area (Å²) in [4.78, 5) is 0. The van der Waals surface area contributed by atoms with E-state index in [0.717, 1.165) is 0 Å². The van der Waals surface area contributed by atoms with E-state index in [2.05, 4.69) is 6.58 Å². The van der Waals surface area contributed by atoms with E-state index in [-0.39, 0.29) is 17.1 Å². The number of hydrogen-bond donors (Lipinski definition) is 0. The summed E-state index contributed by atoms with van der Waals surface area (Å²) in [5.74, 6) is 0. The van der Waals surface area contributed by atoms with Crippen LogP contribution in [0.5, 0.6) is 0 Å². The van der Waals surface area contributed by atoms with Crippen LogP contribution in [0.2, 0.25) is 0 Å². The van der Waals surface area contributed by atoms with Gasteiger partial charge in [0.1, 0.15) is 0 Å². The zero-order chi connectivity index (χ0) is 2.71. The molecule has 0 rings (SSSR count). The first-order valence-corrected chi connectivity index (χ1v) is 2.34. The molecule has 0 fully saturated rings. The first-order valence-electron chi connectivity index (χ1n) is 0.697. The topological polar surface area (TPSA) is 0 Å². The number of rotatable bonds is 0. The molecule has 0 saturated carbocycles. The van der Waals surface area contributed by atoms with Crippen molar-refractivity contribution in [2.24, 2.45) is 0 Å². The molecule has 0 aliphatic rings. The third-order valence-corrected chi connectivity index (χ3v) is 0. The van der Waals surface area contributed by atoms with Gasteiger partial charge in [0.05, 0.1) is 0 Å². The zero-order valence-electron chi connectivity index (χ0n) is 2.09. The monoisotopic (exact) mass is 210 g/mol. The Labute approximate surface area is 50.2 Å². The molecular weight excluding hydrogens is 206 g/mol. The van der Waals surface area contributed by atoms with Crippen LogP contribution < -0.4 is 0 Å². The van der Waals surface area contributed by atoms with Crippen molar-refractivity contribution in [3.8, 4) is 0 Å². The maximum absolute atomic E-state index is 3.40. The van der Waals surface area contributed by atoms with Crippen LogP contribution in [0.3, 0.4) is 0 Å². The van der Waals surface area contributed by atoms with E-state index in [1.807, 2.05) is 4.09 Å². The summed E-state index contributed by atoms with van der Waals surface area (Å²) in [6.45, 7) is 3.40. The molecule has 0 aromatic rings. The Morgan fingerprint density at radius 3 is 1.75 bits per heavy atom. The van der Waals surface area contributed by atoms with Gasteiger partial charge < -0.3 is 0 Å². The van der Waals surface area contributed by atoms with Gasteiger partial charge >= 0.3 is 33.2 Å². The number of hydrogen-bond acceptors (Lipinski definition) is 0. The fourth-order valence-electron chi connectivity index (χ4n) is 0. The van der Waals surface area contributed by atoms with E-state index in [9.17, 15) is 0 Å². The molecule has 0 spiro atoms. The SMILES string of the molecule is C=[CH][Sn].[Cu]. The normalized spacial score (nSPS) is 3.25. The fourth-order valence-corrected chi connectivity index (χ4v) is 0. The van der Waals surface area contributed by atoms with E-state index < -0.39 is 0 Å². The van der Waals surface area contributed by atoms with Crippen LogP contribution in [0.25, 0.3) is 0 Å². The van der Waals surface area contributed by atoms with Crippen LogP contribution in [-0.4, -0.2) is 22.5 Å². The molecule has 0 unspecified atom stereocenters. The quantitative estimate of drug-likeness (QED) is 0.503. The van der Waals surface area contributed by atoms with Crippen molar-refractivity contribution in [1.82, 2.24) is 0 Å². The van der Waals surface area contributed by atoms with Gasteiger partial charge in [-0.2, -0.15) is 0 Å². The van der Waals surface area contributed by atoms with Crippen molar-refractivity contribution < 1.29 is 17.1 Å². The predicted octanol–water partition coefficient (Wildman–Crippen LogP) is 0.296. The van der Waals surface area contributed by atoms with Crippen LogP contribution in [0, 0.1) is 0 Å². The summed E-state index contributed by atoms with van der Waals surface area (Å²) >= 11 is 1.40. The Kier molecular flexibility index (Phi) is 20.0. The molecule has 0 N–H and O–H groups in total. The van der Waals surface area contributed by atoms with Crippen molar-refractivity contribution in [3.05, 3.63) is 10.7 Å². The van der Waals surface area contributed by atoms with Crippen LogP contribution in [0.15, 0.2) is 10.7 Å². The largest absolute Gasteiger partial charge is 0 e. The predicted molar refractivity (Wildman–Crippen MR) is 16.0 cm³/mol. The summed E-state index contributed by atoms with van der Waals surface area (Å²) in [6, 6.07) is 0. The Bertz CT molecular complexity index is 13.5. The molecule has 0 saturated heterocycles. The Hall–Kier alpha value is 1.06. The van der Waals surface area contributed by atoms with Gasteiger partial charge in [0, 0.05) is 17.1 Å². The maximum Gasteiger partial charge on any atom is 0 e. The maximum atomic E-state index is 3.40. The molecule has 0 aliphatic heterocycles. The summed E-state index contributed by atoms with van der Waals surface area (Å²) in [5.41, 5.74) is 0. The molecule has 0 amide bonds. The van der Waals surface area contributed by atoms with E-state index in [1.54, 1.807) is 0 Å². The third-order valence-electron chi connectivity index (χ3n) is 0. The van der Waals surface area contributed by atoms with Crippen molar-refractivity contribution in [2.75, 3.05) is 0 Å². The van der Waals surface area contributed by atoms with Crippen LogP contribution in [-0.2, 0) is 17.1 Å². The summed E-state index contributed by atoms with van der Waals surface area (Å²) in [6.07, 6.45) is 0. The van der Waals surface area contributed by atoms with Crippen LogP contribution in [0.4, 0.5) is 0 Å². The van der Waals surface area contributed by atoms with Gasteiger partial charge in [-0.25, -0.2) is 0 Å². The van der Waals surface area contributed by atoms with Crippen LogP contribution in [0.1, 0.15) is 0 Å². The Balaban J connectivity index is 0. The third kappa shape index (κ3) is 11.6. The summed E-state index contributed by atoms with van der Waals surface area (Å²) < 4.78 is 1.84. The molecule has 0 heterocycles. The van der Waals surface area contributed by atoms with Gasteiger partial charge in [-0.1, -0.05) is 0 Å². The van der Waals surface area contributed by atoms with E-state index in [4.69, 9.17) is 0 Å². The molecule has 0 aliphatic carbocycles. The molecule has 2 heteroatoms. The molecule has 4 heavy (non-hydrogen) atoms. The standard InChI is InChI=1S/C2H3.Cu.Sn/c1-2;;/h1H,2H2;;. The van der Waals surface area contributed by atoms with Gasteiger partial charge in [-0.05, 0) is 0 Å². The van der Waals surface area contributed by atoms with Crippen molar-refractivity contribution in [1.29, 1.82) is 0 Å². The summed E-state index contributed by atoms with van der Waals surface area (Å²) in [7, 11) is 0. The zero-order valence-corrected chi connectivity index (χ0v) is 5.88. The average molecular weight is 209 g/mol. The minimum atomic E-state index is 0. The molecular formula is C2H3CuSn. The first kappa shape index (κ1) is 8.91. The van der Waals surface area contributed by atoms with Gasteiger partial charge in [0.15, 0.2) is 0 Å². The second-order valence-electron chi connectivity index (χ2n) is 0.204. The first-order chi connectivity index (χ1) is 1.41. The summed E-state index contributed by atoms with van der Waals surface area (Å²) in [5, 5.41) is 0. The molecule has 0 bridgehead atoms. The molecule has 0 aromatic carbocycles. The molecule has 26 valence electrons. The van der Waals surface area contributed by atoms with E-state index in [1.165, 1.54) is 22.5 Å². The second kappa shape index (κ2) is 8.96. The van der Waals surface area contributed by atoms with E-state index in [0.29, 0.717) is 0 Å². The average Bonchev–Trinajstić information content (AvgIpc) is 0.918. The molecule has 0 aromatic heterocycles. The van der Waals surface area contributed by atoms with Crippen molar-refractivity contribution in [2.45, 2.75) is 0 Å². The van der Waals surface area contributed by atoms with Crippen molar-refractivity contribution in [3.63, 3.8) is 0 Å². The van der Waals surface area contributed by atoms with Gasteiger partial charge in [-0.15, -0.1) is 0 Å². The minimum Gasteiger partial charge on any atom is 0 e. The molecule has 0 nitrogen and oxygen atoms in total. The van der Waals surface area contributed by atoms with Gasteiger partial charge in [0.25, 0.3) is 0 Å².